The number of benzene rings is 1. The predicted octanol–water partition coefficient (Wildman–Crippen LogP) is 3.12. The van der Waals surface area contributed by atoms with Crippen LogP contribution in [0.3, 0.4) is 0 Å². The molecule has 1 N–H and O–H groups in total. The second kappa shape index (κ2) is 9.06. The number of hydrogen-bond acceptors (Lipinski definition) is 3. The van der Waals surface area contributed by atoms with Gasteiger partial charge in [-0.3, -0.25) is 9.79 Å². The Hall–Kier alpha value is -2.04. The quantitative estimate of drug-likeness (QED) is 0.499. The average molecular weight is 360 g/mol. The van der Waals surface area contributed by atoms with E-state index in [1.807, 2.05) is 0 Å². The van der Waals surface area contributed by atoms with Gasteiger partial charge < -0.3 is 15.0 Å². The lowest BCUT2D eigenvalue weighted by molar-refractivity contribution is -0.146. The van der Waals surface area contributed by atoms with Crippen molar-refractivity contribution in [2.45, 2.75) is 46.0 Å². The van der Waals surface area contributed by atoms with Gasteiger partial charge in [-0.05, 0) is 37.8 Å². The fourth-order valence-corrected chi connectivity index (χ4v) is 3.61. The maximum Gasteiger partial charge on any atom is 0.308 e. The van der Waals surface area contributed by atoms with Crippen molar-refractivity contribution in [1.82, 2.24) is 10.2 Å². The summed E-state index contributed by atoms with van der Waals surface area (Å²) in [6.07, 6.45) is 1.64. The second-order valence-electron chi connectivity index (χ2n) is 7.65. The minimum atomic E-state index is -0.0905. The molecule has 1 saturated heterocycles. The van der Waals surface area contributed by atoms with Gasteiger partial charge in [-0.15, -0.1) is 0 Å². The van der Waals surface area contributed by atoms with Gasteiger partial charge in [0.05, 0.1) is 19.6 Å². The highest BCUT2D eigenvalue weighted by atomic mass is 16.5. The molecule has 144 valence electrons. The Labute approximate surface area is 157 Å². The van der Waals surface area contributed by atoms with E-state index >= 15 is 0 Å². The van der Waals surface area contributed by atoms with E-state index in [0.717, 1.165) is 45.0 Å². The molecule has 1 aliphatic heterocycles. The molecule has 2 rings (SSSR count). The van der Waals surface area contributed by atoms with Crippen LogP contribution in [-0.2, 0) is 14.9 Å². The highest BCUT2D eigenvalue weighted by molar-refractivity contribution is 5.80. The van der Waals surface area contributed by atoms with Gasteiger partial charge in [-0.1, -0.05) is 38.1 Å². The lowest BCUT2D eigenvalue weighted by Crippen LogP contribution is -2.47. The van der Waals surface area contributed by atoms with Crippen LogP contribution in [0, 0.1) is 12.8 Å². The molecule has 0 aliphatic carbocycles. The number of piperidine rings is 1. The zero-order valence-electron chi connectivity index (χ0n) is 16.8. The van der Waals surface area contributed by atoms with Gasteiger partial charge in [0.15, 0.2) is 5.96 Å². The van der Waals surface area contributed by atoms with Crippen molar-refractivity contribution in [3.05, 3.63) is 35.4 Å². The molecular weight excluding hydrogens is 326 g/mol. The molecule has 0 atom stereocenters. The van der Waals surface area contributed by atoms with Crippen molar-refractivity contribution in [1.29, 1.82) is 0 Å². The first-order valence-corrected chi connectivity index (χ1v) is 9.56. The smallest absolute Gasteiger partial charge is 0.308 e. The molecule has 26 heavy (non-hydrogen) atoms. The summed E-state index contributed by atoms with van der Waals surface area (Å²) in [6, 6.07) is 8.52. The third-order valence-corrected chi connectivity index (χ3v) is 5.16. The van der Waals surface area contributed by atoms with Crippen molar-refractivity contribution in [3.8, 4) is 0 Å². The number of aliphatic imine (C=N–C) groups is 1. The van der Waals surface area contributed by atoms with Crippen molar-refractivity contribution >= 4 is 11.9 Å². The number of guanidine groups is 1. The van der Waals surface area contributed by atoms with E-state index in [1.165, 1.54) is 18.2 Å². The summed E-state index contributed by atoms with van der Waals surface area (Å²) in [5.41, 5.74) is 2.61. The van der Waals surface area contributed by atoms with Gasteiger partial charge in [0, 0.05) is 25.0 Å². The summed E-state index contributed by atoms with van der Waals surface area (Å²) in [7, 11) is 1.47. The normalized spacial score (nSPS) is 16.5. The van der Waals surface area contributed by atoms with Crippen LogP contribution in [0.2, 0.25) is 0 Å². The lowest BCUT2D eigenvalue weighted by Gasteiger charge is -2.34. The molecule has 1 aromatic carbocycles. The minimum Gasteiger partial charge on any atom is -0.469 e. The SMILES string of the molecule is CCNC(=NCC(C)(C)c1ccccc1C)N1CCC(C(=O)OC)CC1. The highest BCUT2D eigenvalue weighted by Gasteiger charge is 2.28. The van der Waals surface area contributed by atoms with E-state index < -0.39 is 0 Å². The Morgan fingerprint density at radius 1 is 1.31 bits per heavy atom. The summed E-state index contributed by atoms with van der Waals surface area (Å²) in [4.78, 5) is 18.9. The monoisotopic (exact) mass is 359 g/mol. The number of nitrogens with zero attached hydrogens (tertiary/aromatic N) is 2. The van der Waals surface area contributed by atoms with Gasteiger partial charge >= 0.3 is 5.97 Å². The van der Waals surface area contributed by atoms with Gasteiger partial charge in [0.25, 0.3) is 0 Å². The van der Waals surface area contributed by atoms with Crippen molar-refractivity contribution in [2.24, 2.45) is 10.9 Å². The number of ether oxygens (including phenoxy) is 1. The molecule has 5 heteroatoms. The van der Waals surface area contributed by atoms with Crippen molar-refractivity contribution in [3.63, 3.8) is 0 Å². The topological polar surface area (TPSA) is 53.9 Å². The van der Waals surface area contributed by atoms with Crippen LogP contribution >= 0.6 is 0 Å². The van der Waals surface area contributed by atoms with Crippen LogP contribution in [0.4, 0.5) is 0 Å². The van der Waals surface area contributed by atoms with E-state index in [1.54, 1.807) is 0 Å². The zero-order chi connectivity index (χ0) is 19.2. The van der Waals surface area contributed by atoms with E-state index in [-0.39, 0.29) is 17.3 Å². The molecule has 1 aliphatic rings. The molecular formula is C21H33N3O2. The third-order valence-electron chi connectivity index (χ3n) is 5.16. The van der Waals surface area contributed by atoms with Crippen LogP contribution in [0.15, 0.2) is 29.3 Å². The van der Waals surface area contributed by atoms with Crippen LogP contribution < -0.4 is 5.32 Å². The van der Waals surface area contributed by atoms with E-state index in [2.05, 4.69) is 62.2 Å². The third kappa shape index (κ3) is 4.99. The molecule has 0 radical (unpaired) electrons. The number of methoxy groups -OCH3 is 1. The number of carbonyl (C=O) groups excluding carboxylic acids is 1. The summed E-state index contributed by atoms with van der Waals surface area (Å²) >= 11 is 0. The predicted molar refractivity (Wildman–Crippen MR) is 106 cm³/mol. The van der Waals surface area contributed by atoms with Gasteiger partial charge in [-0.2, -0.15) is 0 Å². The van der Waals surface area contributed by atoms with Gasteiger partial charge in [0.2, 0.25) is 0 Å². The number of nitrogens with one attached hydrogen (secondary N) is 1. The number of carbonyl (C=O) groups is 1. The standard InChI is InChI=1S/C21H33N3O2/c1-6-22-20(24-13-11-17(12-14-24)19(25)26-5)23-15-21(3,4)18-10-8-7-9-16(18)2/h7-10,17H,6,11-15H2,1-5H3,(H,22,23). The van der Waals surface area contributed by atoms with Crippen LogP contribution in [-0.4, -0.2) is 50.1 Å². The molecule has 0 spiro atoms. The molecule has 0 saturated carbocycles. The molecule has 1 aromatic rings. The van der Waals surface area contributed by atoms with E-state index in [4.69, 9.17) is 9.73 Å². The van der Waals surface area contributed by atoms with Crippen LogP contribution in [0.1, 0.15) is 44.7 Å². The maximum atomic E-state index is 11.7. The molecule has 0 aromatic heterocycles. The fraction of sp³-hybridized carbons (Fsp3) is 0.619. The van der Waals surface area contributed by atoms with Gasteiger partial charge in [-0.25, -0.2) is 0 Å². The van der Waals surface area contributed by atoms with Crippen LogP contribution in [0.25, 0.3) is 0 Å². The van der Waals surface area contributed by atoms with E-state index in [9.17, 15) is 4.79 Å². The summed E-state index contributed by atoms with van der Waals surface area (Å²) < 4.78 is 4.88. The Morgan fingerprint density at radius 3 is 2.54 bits per heavy atom. The number of hydrogen-bond donors (Lipinski definition) is 1. The summed E-state index contributed by atoms with van der Waals surface area (Å²) in [5.74, 6) is 0.868. The molecule has 0 amide bonds. The molecule has 1 fully saturated rings. The Morgan fingerprint density at radius 2 is 1.96 bits per heavy atom. The molecule has 1 heterocycles. The van der Waals surface area contributed by atoms with Crippen molar-refractivity contribution in [2.75, 3.05) is 33.3 Å². The Bertz CT molecular complexity index is 632. The lowest BCUT2D eigenvalue weighted by atomic mass is 9.82. The average Bonchev–Trinajstić information content (AvgIpc) is 2.65. The van der Waals surface area contributed by atoms with E-state index in [0.29, 0.717) is 0 Å². The molecule has 0 unspecified atom stereocenters. The number of aryl methyl sites for hydroxylation is 1. The second-order valence-corrected chi connectivity index (χ2v) is 7.65. The first kappa shape index (κ1) is 20.3. The minimum absolute atomic E-state index is 0.0162. The summed E-state index contributed by atoms with van der Waals surface area (Å²) in [5, 5.41) is 3.41. The number of likely N-dealkylation sites (tertiary alicyclic amines) is 1. The highest BCUT2D eigenvalue weighted by Crippen LogP contribution is 2.27. The summed E-state index contributed by atoms with van der Waals surface area (Å²) in [6.45, 7) is 11.9. The molecule has 0 bridgehead atoms. The number of esters is 1. The molecule has 5 nitrogen and oxygen atoms in total. The fourth-order valence-electron chi connectivity index (χ4n) is 3.61. The maximum absolute atomic E-state index is 11.7. The zero-order valence-corrected chi connectivity index (χ0v) is 16.8. The Balaban J connectivity index is 2.07. The van der Waals surface area contributed by atoms with Crippen LogP contribution in [0.5, 0.6) is 0 Å². The largest absolute Gasteiger partial charge is 0.469 e. The first-order chi connectivity index (χ1) is 12.4. The van der Waals surface area contributed by atoms with Gasteiger partial charge in [0.1, 0.15) is 0 Å². The van der Waals surface area contributed by atoms with Crippen molar-refractivity contribution < 1.29 is 9.53 Å². The Kier molecular flexibility index (Phi) is 7.06. The number of rotatable bonds is 5. The first-order valence-electron chi connectivity index (χ1n) is 9.56.